The summed E-state index contributed by atoms with van der Waals surface area (Å²) in [6, 6.07) is 16.0. The number of hydrogen-bond acceptors (Lipinski definition) is 5. The highest BCUT2D eigenvalue weighted by Gasteiger charge is 2.16. The van der Waals surface area contributed by atoms with Crippen LogP contribution < -0.4 is 9.47 Å². The number of rotatable bonds is 9. The summed E-state index contributed by atoms with van der Waals surface area (Å²) in [7, 11) is 3.90. The molecule has 1 heterocycles. The van der Waals surface area contributed by atoms with Gasteiger partial charge in [0.05, 0.1) is 15.6 Å². The van der Waals surface area contributed by atoms with Crippen LogP contribution in [-0.2, 0) is 0 Å². The lowest BCUT2D eigenvalue weighted by atomic mass is 10.1. The van der Waals surface area contributed by atoms with Crippen molar-refractivity contribution in [2.45, 2.75) is 0 Å². The van der Waals surface area contributed by atoms with Gasteiger partial charge in [0, 0.05) is 24.9 Å². The molecule has 0 N–H and O–H groups in total. The zero-order valence-electron chi connectivity index (χ0n) is 17.6. The molecule has 0 saturated carbocycles. The van der Waals surface area contributed by atoms with Crippen molar-refractivity contribution in [1.29, 1.82) is 0 Å². The van der Waals surface area contributed by atoms with Crippen LogP contribution in [0.2, 0.25) is 10.0 Å². The molecule has 3 aromatic rings. The highest BCUT2D eigenvalue weighted by atomic mass is 35.5. The average molecular weight is 494 g/mol. The van der Waals surface area contributed by atoms with E-state index in [0.29, 0.717) is 40.3 Å². The lowest BCUT2D eigenvalue weighted by Gasteiger charge is -2.16. The Hall–Kier alpha value is -2.57. The maximum atomic E-state index is 12.8. The number of carbonyl (C=O) groups excluding carboxylic acids is 1. The van der Waals surface area contributed by atoms with Crippen molar-refractivity contribution in [3.05, 3.63) is 88.0 Å². The van der Waals surface area contributed by atoms with Crippen molar-refractivity contribution in [3.8, 4) is 17.4 Å². The molecule has 0 amide bonds. The van der Waals surface area contributed by atoms with E-state index in [4.69, 9.17) is 32.7 Å². The Labute approximate surface area is 204 Å². The fraction of sp³-hybridized carbons (Fsp3) is 0.167. The minimum absolute atomic E-state index is 0. The van der Waals surface area contributed by atoms with Gasteiger partial charge in [-0.1, -0.05) is 59.6 Å². The molecule has 8 heteroatoms. The molecule has 0 atom stereocenters. The maximum absolute atomic E-state index is 12.8. The first-order valence-electron chi connectivity index (χ1n) is 9.61. The second kappa shape index (κ2) is 12.5. The van der Waals surface area contributed by atoms with E-state index in [1.54, 1.807) is 36.5 Å². The number of aromatic nitrogens is 1. The third-order valence-electron chi connectivity index (χ3n) is 4.25. The summed E-state index contributed by atoms with van der Waals surface area (Å²) in [5.41, 5.74) is 1.24. The van der Waals surface area contributed by atoms with Gasteiger partial charge in [-0.2, -0.15) is 0 Å². The quantitative estimate of drug-likeness (QED) is 0.254. The van der Waals surface area contributed by atoms with Gasteiger partial charge in [-0.05, 0) is 37.9 Å². The Balaban J connectivity index is 0.00000363. The molecular formula is C24H23Cl3N2O3. The number of ketones is 1. The molecular weight excluding hydrogens is 471 g/mol. The zero-order chi connectivity index (χ0) is 22.2. The number of halogens is 3. The predicted molar refractivity (Wildman–Crippen MR) is 132 cm³/mol. The Morgan fingerprint density at radius 2 is 1.72 bits per heavy atom. The van der Waals surface area contributed by atoms with Crippen LogP contribution in [0.3, 0.4) is 0 Å². The Kier molecular flexibility index (Phi) is 10.0. The van der Waals surface area contributed by atoms with Gasteiger partial charge >= 0.3 is 0 Å². The van der Waals surface area contributed by atoms with Crippen LogP contribution in [0.1, 0.15) is 15.9 Å². The van der Waals surface area contributed by atoms with Crippen molar-refractivity contribution < 1.29 is 14.3 Å². The van der Waals surface area contributed by atoms with E-state index in [1.165, 1.54) is 6.08 Å². The molecule has 0 spiro atoms. The van der Waals surface area contributed by atoms with Crippen LogP contribution in [0.4, 0.5) is 0 Å². The van der Waals surface area contributed by atoms with Gasteiger partial charge in [-0.25, -0.2) is 4.98 Å². The van der Waals surface area contributed by atoms with E-state index in [9.17, 15) is 4.79 Å². The molecule has 3 rings (SSSR count). The number of pyridine rings is 1. The number of likely N-dealkylation sites (N-methyl/N-ethyl adjacent to an activating group) is 1. The SMILES string of the molecule is CN(C)CCOc1cc(Cl)c(Cl)cc1Oc1ncccc1C(=O)C=Cc1ccccc1.Cl. The van der Waals surface area contributed by atoms with E-state index in [-0.39, 0.29) is 24.1 Å². The topological polar surface area (TPSA) is 51.7 Å². The highest BCUT2D eigenvalue weighted by molar-refractivity contribution is 6.42. The van der Waals surface area contributed by atoms with E-state index in [0.717, 1.165) is 5.56 Å². The first-order valence-corrected chi connectivity index (χ1v) is 10.4. The van der Waals surface area contributed by atoms with E-state index >= 15 is 0 Å². The fourth-order valence-electron chi connectivity index (χ4n) is 2.63. The second-order valence-corrected chi connectivity index (χ2v) is 7.75. The molecule has 5 nitrogen and oxygen atoms in total. The van der Waals surface area contributed by atoms with Crippen molar-refractivity contribution >= 4 is 47.5 Å². The molecule has 0 aliphatic rings. The standard InChI is InChI=1S/C24H22Cl2N2O3.ClH/c1-28(2)13-14-30-22-15-19(25)20(26)16-23(22)31-24-18(9-6-12-27-24)21(29)11-10-17-7-4-3-5-8-17;/h3-12,15-16H,13-14H2,1-2H3;1H. The van der Waals surface area contributed by atoms with Crippen LogP contribution in [-0.4, -0.2) is 42.9 Å². The molecule has 0 aliphatic heterocycles. The second-order valence-electron chi connectivity index (χ2n) is 6.93. The van der Waals surface area contributed by atoms with Gasteiger partial charge < -0.3 is 14.4 Å². The molecule has 1 aromatic heterocycles. The van der Waals surface area contributed by atoms with Gasteiger partial charge in [0.15, 0.2) is 17.3 Å². The largest absolute Gasteiger partial charge is 0.488 e. The molecule has 0 radical (unpaired) electrons. The third-order valence-corrected chi connectivity index (χ3v) is 4.97. The summed E-state index contributed by atoms with van der Waals surface area (Å²) >= 11 is 12.3. The molecule has 168 valence electrons. The van der Waals surface area contributed by atoms with Crippen molar-refractivity contribution in [1.82, 2.24) is 9.88 Å². The van der Waals surface area contributed by atoms with Crippen LogP contribution in [0.25, 0.3) is 6.08 Å². The zero-order valence-corrected chi connectivity index (χ0v) is 20.0. The fourth-order valence-corrected chi connectivity index (χ4v) is 2.94. The van der Waals surface area contributed by atoms with Crippen LogP contribution in [0.5, 0.6) is 17.4 Å². The number of benzene rings is 2. The van der Waals surface area contributed by atoms with E-state index in [2.05, 4.69) is 4.98 Å². The van der Waals surface area contributed by atoms with Crippen molar-refractivity contribution in [2.24, 2.45) is 0 Å². The van der Waals surface area contributed by atoms with Gasteiger partial charge in [-0.3, -0.25) is 4.79 Å². The number of ether oxygens (including phenoxy) is 2. The summed E-state index contributed by atoms with van der Waals surface area (Å²) in [4.78, 5) is 19.0. The summed E-state index contributed by atoms with van der Waals surface area (Å²) in [6.07, 6.45) is 4.79. The van der Waals surface area contributed by atoms with Crippen molar-refractivity contribution in [2.75, 3.05) is 27.2 Å². The van der Waals surface area contributed by atoms with Crippen LogP contribution in [0, 0.1) is 0 Å². The summed E-state index contributed by atoms with van der Waals surface area (Å²) in [5, 5.41) is 0.654. The Morgan fingerprint density at radius 3 is 2.41 bits per heavy atom. The molecule has 0 fully saturated rings. The minimum Gasteiger partial charge on any atom is -0.488 e. The number of carbonyl (C=O) groups is 1. The highest BCUT2D eigenvalue weighted by Crippen LogP contribution is 2.38. The predicted octanol–water partition coefficient (Wildman–Crippen LogP) is 6.44. The van der Waals surface area contributed by atoms with Gasteiger partial charge in [0.1, 0.15) is 6.61 Å². The maximum Gasteiger partial charge on any atom is 0.230 e. The smallest absolute Gasteiger partial charge is 0.230 e. The third kappa shape index (κ3) is 7.24. The average Bonchev–Trinajstić information content (AvgIpc) is 2.76. The molecule has 0 saturated heterocycles. The number of nitrogens with zero attached hydrogens (tertiary/aromatic N) is 2. The van der Waals surface area contributed by atoms with E-state index in [1.807, 2.05) is 49.3 Å². The number of allylic oxidation sites excluding steroid dienone is 1. The van der Waals surface area contributed by atoms with Gasteiger partial charge in [0.25, 0.3) is 0 Å². The van der Waals surface area contributed by atoms with E-state index < -0.39 is 0 Å². The Bertz CT molecular complexity index is 1070. The van der Waals surface area contributed by atoms with Gasteiger partial charge in [-0.15, -0.1) is 12.4 Å². The summed E-state index contributed by atoms with van der Waals surface area (Å²) < 4.78 is 11.8. The molecule has 0 bridgehead atoms. The molecule has 2 aromatic carbocycles. The monoisotopic (exact) mass is 492 g/mol. The van der Waals surface area contributed by atoms with Gasteiger partial charge in [0.2, 0.25) is 5.88 Å². The van der Waals surface area contributed by atoms with Crippen molar-refractivity contribution in [3.63, 3.8) is 0 Å². The molecule has 0 unspecified atom stereocenters. The molecule has 0 aliphatic carbocycles. The first-order chi connectivity index (χ1) is 14.9. The summed E-state index contributed by atoms with van der Waals surface area (Å²) in [5.74, 6) is 0.663. The molecule has 32 heavy (non-hydrogen) atoms. The first kappa shape index (κ1) is 25.7. The van der Waals surface area contributed by atoms with Crippen LogP contribution >= 0.6 is 35.6 Å². The summed E-state index contributed by atoms with van der Waals surface area (Å²) in [6.45, 7) is 1.13. The lowest BCUT2D eigenvalue weighted by Crippen LogP contribution is -2.19. The van der Waals surface area contributed by atoms with Crippen LogP contribution in [0.15, 0.2) is 66.9 Å². The Morgan fingerprint density at radius 1 is 1.03 bits per heavy atom. The number of hydrogen-bond donors (Lipinski definition) is 0. The minimum atomic E-state index is -0.234. The lowest BCUT2D eigenvalue weighted by molar-refractivity contribution is 0.104. The normalized spacial score (nSPS) is 10.8.